The van der Waals surface area contributed by atoms with Crippen LogP contribution in [0.4, 0.5) is 0 Å². The summed E-state index contributed by atoms with van der Waals surface area (Å²) < 4.78 is 33.4. The zero-order valence-electron chi connectivity index (χ0n) is 16.0. The molecule has 0 bridgehead atoms. The molecule has 146 valence electrons. The minimum Gasteiger partial charge on any atom is -0.489 e. The van der Waals surface area contributed by atoms with Gasteiger partial charge in [-0.1, -0.05) is 42.5 Å². The lowest BCUT2D eigenvalue weighted by atomic mass is 9.99. The Kier molecular flexibility index (Phi) is 7.02. The average Bonchev–Trinajstić information content (AvgIpc) is 2.65. The Bertz CT molecular complexity index is 844. The SMILES string of the molecule is CCOC(=O)C(C)(CCc1ccc(COc2ccccc2)cc1)S(C)(=O)=O. The summed E-state index contributed by atoms with van der Waals surface area (Å²) in [5.41, 5.74) is 1.97. The average molecular weight is 391 g/mol. The molecule has 0 aliphatic rings. The van der Waals surface area contributed by atoms with E-state index in [0.717, 1.165) is 23.1 Å². The topological polar surface area (TPSA) is 69.7 Å². The lowest BCUT2D eigenvalue weighted by Crippen LogP contribution is -2.44. The van der Waals surface area contributed by atoms with Gasteiger partial charge >= 0.3 is 5.97 Å². The summed E-state index contributed by atoms with van der Waals surface area (Å²) in [6.07, 6.45) is 1.71. The van der Waals surface area contributed by atoms with Crippen LogP contribution < -0.4 is 4.74 Å². The number of hydrogen-bond acceptors (Lipinski definition) is 5. The molecule has 27 heavy (non-hydrogen) atoms. The smallest absolute Gasteiger partial charge is 0.327 e. The van der Waals surface area contributed by atoms with E-state index in [0.29, 0.717) is 13.0 Å². The highest BCUT2D eigenvalue weighted by atomic mass is 32.2. The second-order valence-electron chi connectivity index (χ2n) is 6.64. The van der Waals surface area contributed by atoms with E-state index in [2.05, 4.69) is 0 Å². The van der Waals surface area contributed by atoms with Gasteiger partial charge in [0.05, 0.1) is 6.61 Å². The third-order valence-electron chi connectivity index (χ3n) is 4.59. The van der Waals surface area contributed by atoms with Crippen molar-refractivity contribution >= 4 is 15.8 Å². The van der Waals surface area contributed by atoms with Gasteiger partial charge in [-0.25, -0.2) is 8.42 Å². The highest BCUT2D eigenvalue weighted by Gasteiger charge is 2.44. The van der Waals surface area contributed by atoms with Crippen LogP contribution in [0.2, 0.25) is 0 Å². The van der Waals surface area contributed by atoms with Gasteiger partial charge in [-0.3, -0.25) is 4.79 Å². The molecule has 0 aromatic heterocycles. The molecule has 5 nitrogen and oxygen atoms in total. The number of aryl methyl sites for hydroxylation is 1. The molecule has 6 heteroatoms. The quantitative estimate of drug-likeness (QED) is 0.612. The minimum atomic E-state index is -3.60. The van der Waals surface area contributed by atoms with E-state index < -0.39 is 20.6 Å². The van der Waals surface area contributed by atoms with Crippen molar-refractivity contribution in [1.82, 2.24) is 0 Å². The molecule has 0 heterocycles. The number of rotatable bonds is 9. The van der Waals surface area contributed by atoms with Gasteiger partial charge in [-0.15, -0.1) is 0 Å². The molecule has 0 spiro atoms. The molecule has 0 fully saturated rings. The van der Waals surface area contributed by atoms with Crippen LogP contribution in [-0.4, -0.2) is 32.0 Å². The van der Waals surface area contributed by atoms with Crippen molar-refractivity contribution < 1.29 is 22.7 Å². The second-order valence-corrected chi connectivity index (χ2v) is 9.09. The zero-order valence-corrected chi connectivity index (χ0v) is 16.8. The van der Waals surface area contributed by atoms with Gasteiger partial charge in [0.2, 0.25) is 0 Å². The molecule has 1 unspecified atom stereocenters. The lowest BCUT2D eigenvalue weighted by Gasteiger charge is -2.25. The third-order valence-corrected chi connectivity index (χ3v) is 6.60. The predicted octanol–water partition coefficient (Wildman–Crippen LogP) is 3.56. The van der Waals surface area contributed by atoms with Crippen molar-refractivity contribution in [3.8, 4) is 5.75 Å². The molecule has 0 saturated heterocycles. The molecule has 1 atom stereocenters. The molecule has 0 saturated carbocycles. The van der Waals surface area contributed by atoms with E-state index in [1.807, 2.05) is 54.6 Å². The lowest BCUT2D eigenvalue weighted by molar-refractivity contribution is -0.146. The Morgan fingerprint density at radius 3 is 2.15 bits per heavy atom. The maximum atomic E-state index is 12.2. The van der Waals surface area contributed by atoms with Crippen LogP contribution in [0, 0.1) is 0 Å². The van der Waals surface area contributed by atoms with Crippen LogP contribution in [0.25, 0.3) is 0 Å². The molecule has 0 N–H and O–H groups in total. The summed E-state index contributed by atoms with van der Waals surface area (Å²) in [6, 6.07) is 17.3. The molecule has 2 aromatic rings. The maximum absolute atomic E-state index is 12.2. The van der Waals surface area contributed by atoms with Crippen molar-refractivity contribution in [3.63, 3.8) is 0 Å². The third kappa shape index (κ3) is 5.57. The number of sulfone groups is 1. The molecule has 2 aromatic carbocycles. The summed E-state index contributed by atoms with van der Waals surface area (Å²) in [7, 11) is -3.60. The molecular formula is C21H26O5S. The van der Waals surface area contributed by atoms with E-state index in [1.165, 1.54) is 6.92 Å². The van der Waals surface area contributed by atoms with Gasteiger partial charge in [0.25, 0.3) is 0 Å². The van der Waals surface area contributed by atoms with Crippen LogP contribution in [0.1, 0.15) is 31.4 Å². The summed E-state index contributed by atoms with van der Waals surface area (Å²) in [6.45, 7) is 3.70. The Morgan fingerprint density at radius 2 is 1.59 bits per heavy atom. The Morgan fingerprint density at radius 1 is 1.00 bits per heavy atom. The fourth-order valence-corrected chi connectivity index (χ4v) is 3.43. The maximum Gasteiger partial charge on any atom is 0.327 e. The largest absolute Gasteiger partial charge is 0.489 e. The first-order chi connectivity index (χ1) is 12.8. The van der Waals surface area contributed by atoms with Gasteiger partial charge in [0, 0.05) is 6.26 Å². The number of esters is 1. The first kappa shape index (κ1) is 21.0. The monoisotopic (exact) mass is 390 g/mol. The minimum absolute atomic E-state index is 0.153. The van der Waals surface area contributed by atoms with Crippen LogP contribution >= 0.6 is 0 Å². The normalized spacial score (nSPS) is 13.6. The molecule has 0 radical (unpaired) electrons. The van der Waals surface area contributed by atoms with Gasteiger partial charge in [0.1, 0.15) is 12.4 Å². The van der Waals surface area contributed by atoms with Crippen LogP contribution in [0.3, 0.4) is 0 Å². The number of carbonyl (C=O) groups is 1. The summed E-state index contributed by atoms with van der Waals surface area (Å²) >= 11 is 0. The van der Waals surface area contributed by atoms with Crippen molar-refractivity contribution in [1.29, 1.82) is 0 Å². The Hall–Kier alpha value is -2.34. The van der Waals surface area contributed by atoms with Crippen molar-refractivity contribution in [2.45, 2.75) is 38.0 Å². The Balaban J connectivity index is 1.99. The first-order valence-electron chi connectivity index (χ1n) is 8.89. The Labute approximate surface area is 161 Å². The number of ether oxygens (including phenoxy) is 2. The van der Waals surface area contributed by atoms with Crippen molar-refractivity contribution in [3.05, 3.63) is 65.7 Å². The van der Waals surface area contributed by atoms with Crippen LogP contribution in [0.5, 0.6) is 5.75 Å². The number of carbonyl (C=O) groups excluding carboxylic acids is 1. The summed E-state index contributed by atoms with van der Waals surface area (Å²) in [5.74, 6) is 0.111. The fraction of sp³-hybridized carbons (Fsp3) is 0.381. The highest BCUT2D eigenvalue weighted by molar-refractivity contribution is 7.92. The van der Waals surface area contributed by atoms with Gasteiger partial charge < -0.3 is 9.47 Å². The molecule has 0 aliphatic carbocycles. The van der Waals surface area contributed by atoms with Crippen molar-refractivity contribution in [2.75, 3.05) is 12.9 Å². The molecule has 0 aliphatic heterocycles. The summed E-state index contributed by atoms with van der Waals surface area (Å²) in [4.78, 5) is 12.2. The van der Waals surface area contributed by atoms with Crippen molar-refractivity contribution in [2.24, 2.45) is 0 Å². The number of hydrogen-bond donors (Lipinski definition) is 0. The van der Waals surface area contributed by atoms with E-state index in [-0.39, 0.29) is 13.0 Å². The van der Waals surface area contributed by atoms with E-state index in [4.69, 9.17) is 9.47 Å². The molecular weight excluding hydrogens is 364 g/mol. The van der Waals surface area contributed by atoms with E-state index in [1.54, 1.807) is 6.92 Å². The first-order valence-corrected chi connectivity index (χ1v) is 10.8. The van der Waals surface area contributed by atoms with Crippen LogP contribution in [-0.2, 0) is 32.4 Å². The number of benzene rings is 2. The number of para-hydroxylation sites is 1. The second kappa shape index (κ2) is 9.04. The zero-order chi connectivity index (χ0) is 19.9. The molecule has 2 rings (SSSR count). The van der Waals surface area contributed by atoms with Gasteiger partial charge in [0.15, 0.2) is 14.6 Å². The van der Waals surface area contributed by atoms with E-state index in [9.17, 15) is 13.2 Å². The standard InChI is InChI=1S/C21H26O5S/c1-4-25-20(22)21(2,27(3,23)24)15-14-17-10-12-18(13-11-17)16-26-19-8-6-5-7-9-19/h5-13H,4,14-16H2,1-3H3. The fourth-order valence-electron chi connectivity index (χ4n) is 2.59. The summed E-state index contributed by atoms with van der Waals surface area (Å²) in [5, 5.41) is 0. The van der Waals surface area contributed by atoms with Crippen LogP contribution in [0.15, 0.2) is 54.6 Å². The highest BCUT2D eigenvalue weighted by Crippen LogP contribution is 2.25. The molecule has 0 amide bonds. The predicted molar refractivity (Wildman–Crippen MR) is 105 cm³/mol. The van der Waals surface area contributed by atoms with Gasteiger partial charge in [-0.05, 0) is 49.9 Å². The van der Waals surface area contributed by atoms with Gasteiger partial charge in [-0.2, -0.15) is 0 Å². The van der Waals surface area contributed by atoms with E-state index >= 15 is 0 Å².